The first-order valence-electron chi connectivity index (χ1n) is 9.68. The summed E-state index contributed by atoms with van der Waals surface area (Å²) in [5.41, 5.74) is -0.0396. The normalized spacial score (nSPS) is 32.2. The Morgan fingerprint density at radius 2 is 1.92 bits per heavy atom. The Morgan fingerprint density at radius 1 is 1.24 bits per heavy atom. The van der Waals surface area contributed by atoms with Gasteiger partial charge in [-0.05, 0) is 19.0 Å². The molecule has 3 rings (SSSR count). The molecule has 1 aromatic heterocycles. The summed E-state index contributed by atoms with van der Waals surface area (Å²) in [5, 5.41) is 43.0. The van der Waals surface area contributed by atoms with Gasteiger partial charge in [0.1, 0.15) is 18.3 Å². The highest BCUT2D eigenvalue weighted by molar-refractivity contribution is 5.73. The van der Waals surface area contributed by atoms with Gasteiger partial charge in [0.2, 0.25) is 12.2 Å². The number of benzene rings is 1. The molecule has 0 aliphatic carbocycles. The Morgan fingerprint density at radius 3 is 2.56 bits per heavy atom. The molecule has 0 amide bonds. The molecule has 9 heteroatoms. The van der Waals surface area contributed by atoms with Crippen LogP contribution < -0.4 is 4.74 Å². The number of para-hydroxylation sites is 1. The molecule has 1 aliphatic heterocycles. The molecule has 0 radical (unpaired) electrons. The Kier molecular flexibility index (Phi) is 3.26. The lowest BCUT2D eigenvalue weighted by atomic mass is 9.99. The van der Waals surface area contributed by atoms with Gasteiger partial charge in [-0.25, -0.2) is 9.48 Å². The monoisotopic (exact) mass is 355 g/mol. The van der Waals surface area contributed by atoms with Crippen molar-refractivity contribution in [2.24, 2.45) is 0 Å². The van der Waals surface area contributed by atoms with Crippen LogP contribution in [0.4, 0.5) is 0 Å². The number of aryl methyl sites for hydroxylation is 1. The zero-order valence-corrected chi connectivity index (χ0v) is 12.9. The van der Waals surface area contributed by atoms with Gasteiger partial charge >= 0.3 is 5.97 Å². The zero-order chi connectivity index (χ0) is 22.5. The third-order valence-corrected chi connectivity index (χ3v) is 3.55. The van der Waals surface area contributed by atoms with Gasteiger partial charge in [0.25, 0.3) is 0 Å². The van der Waals surface area contributed by atoms with Gasteiger partial charge in [0, 0.05) is 6.07 Å². The molecule has 0 saturated carbocycles. The fourth-order valence-corrected chi connectivity index (χ4v) is 2.34. The molecule has 2 aromatic rings. The Hall–Kier alpha value is -2.46. The molecule has 25 heavy (non-hydrogen) atoms. The molecule has 2 heterocycles. The molecule has 5 atom stereocenters. The van der Waals surface area contributed by atoms with Gasteiger partial charge in [-0.15, -0.1) is 0 Å². The van der Waals surface area contributed by atoms with E-state index in [0.717, 1.165) is 4.68 Å². The number of hydrogen-bond donors (Lipinski definition) is 4. The molecule has 1 saturated heterocycles. The van der Waals surface area contributed by atoms with E-state index in [2.05, 4.69) is 5.10 Å². The summed E-state index contributed by atoms with van der Waals surface area (Å²) >= 11 is 0. The first-order valence-corrected chi connectivity index (χ1v) is 7.18. The smallest absolute Gasteiger partial charge is 0.335 e. The van der Waals surface area contributed by atoms with E-state index < -0.39 is 66.9 Å². The van der Waals surface area contributed by atoms with E-state index in [1.165, 1.54) is 13.0 Å². The van der Waals surface area contributed by atoms with Crippen LogP contribution in [0.3, 0.4) is 0 Å². The van der Waals surface area contributed by atoms with Crippen molar-refractivity contribution in [3.05, 3.63) is 42.0 Å². The number of carbonyl (C=O) groups is 1. The zero-order valence-electron chi connectivity index (χ0n) is 17.9. The highest BCUT2D eigenvalue weighted by Crippen LogP contribution is 2.26. The van der Waals surface area contributed by atoms with E-state index in [1.807, 2.05) is 0 Å². The number of ether oxygens (including phenoxy) is 2. The van der Waals surface area contributed by atoms with Crippen molar-refractivity contribution in [1.29, 1.82) is 0 Å². The van der Waals surface area contributed by atoms with Crippen molar-refractivity contribution in [2.45, 2.75) is 37.6 Å². The minimum Gasteiger partial charge on any atom is -0.479 e. The number of aliphatic hydroxyl groups excluding tert-OH is 3. The van der Waals surface area contributed by atoms with Crippen LogP contribution in [0.15, 0.2) is 36.3 Å². The summed E-state index contributed by atoms with van der Waals surface area (Å²) in [7, 11) is 0. The van der Waals surface area contributed by atoms with E-state index in [1.54, 1.807) is 0 Å². The van der Waals surface area contributed by atoms with Gasteiger partial charge in [0.15, 0.2) is 6.10 Å². The Bertz CT molecular complexity index is 972. The number of carboxylic acids is 1. The van der Waals surface area contributed by atoms with Crippen LogP contribution in [-0.4, -0.2) is 66.9 Å². The molecule has 1 fully saturated rings. The largest absolute Gasteiger partial charge is 0.479 e. The van der Waals surface area contributed by atoms with Crippen molar-refractivity contribution in [2.75, 3.05) is 0 Å². The average Bonchev–Trinajstić information content (AvgIpc) is 3.04. The topological polar surface area (TPSA) is 134 Å². The van der Waals surface area contributed by atoms with E-state index in [4.69, 9.17) is 21.4 Å². The summed E-state index contributed by atoms with van der Waals surface area (Å²) in [5.74, 6) is -1.85. The fraction of sp³-hybridized carbons (Fsp3) is 0.375. The summed E-state index contributed by atoms with van der Waals surface area (Å²) in [4.78, 5) is 11.2. The summed E-state index contributed by atoms with van der Waals surface area (Å²) in [6, 6.07) is -1.67. The lowest BCUT2D eigenvalue weighted by Gasteiger charge is -2.38. The van der Waals surface area contributed by atoms with Crippen molar-refractivity contribution in [1.82, 2.24) is 9.78 Å². The summed E-state index contributed by atoms with van der Waals surface area (Å²) in [6.07, 6.45) is -9.32. The summed E-state index contributed by atoms with van der Waals surface area (Å²) in [6.45, 7) is 1.52. The van der Waals surface area contributed by atoms with E-state index in [0.29, 0.717) is 5.69 Å². The molecular weight excluding hydrogens is 332 g/mol. The minimum absolute atomic E-state index is 0.247. The minimum atomic E-state index is -1.91. The average molecular weight is 355 g/mol. The maximum absolute atomic E-state index is 11.2. The number of aliphatic hydroxyl groups is 3. The van der Waals surface area contributed by atoms with E-state index in [-0.39, 0.29) is 11.6 Å². The van der Waals surface area contributed by atoms with Crippen LogP contribution in [0.2, 0.25) is 0 Å². The first kappa shape index (κ1) is 12.0. The number of rotatable bonds is 4. The van der Waals surface area contributed by atoms with Crippen LogP contribution in [0.25, 0.3) is 5.69 Å². The molecule has 134 valence electrons. The van der Waals surface area contributed by atoms with E-state index >= 15 is 0 Å². The maximum Gasteiger partial charge on any atom is 0.335 e. The SMILES string of the molecule is [2H]c1c([2H])c([2H])c(-n2nc(C)cc2O[C@@H]2O[C@H](C(=O)O)[C@@H](O)[C@H](O)[C@H]2O)c([2H])c1[2H]. The lowest BCUT2D eigenvalue weighted by molar-refractivity contribution is -0.272. The quantitative estimate of drug-likeness (QED) is 0.574. The van der Waals surface area contributed by atoms with Gasteiger partial charge < -0.3 is 29.9 Å². The molecular formula is C16H18N2O7. The lowest BCUT2D eigenvalue weighted by Crippen LogP contribution is -2.61. The molecule has 0 unspecified atom stereocenters. The van der Waals surface area contributed by atoms with E-state index in [9.17, 15) is 20.1 Å². The predicted octanol–water partition coefficient (Wildman–Crippen LogP) is -0.548. The van der Waals surface area contributed by atoms with Crippen LogP contribution >= 0.6 is 0 Å². The van der Waals surface area contributed by atoms with Gasteiger partial charge in [-0.1, -0.05) is 18.1 Å². The molecule has 1 aliphatic rings. The number of aliphatic carboxylic acids is 1. The summed E-state index contributed by atoms with van der Waals surface area (Å²) < 4.78 is 50.8. The Balaban J connectivity index is 2.05. The van der Waals surface area contributed by atoms with Crippen LogP contribution in [-0.2, 0) is 9.53 Å². The number of aromatic nitrogens is 2. The molecule has 0 spiro atoms. The second-order valence-electron chi connectivity index (χ2n) is 5.36. The highest BCUT2D eigenvalue weighted by Gasteiger charge is 2.48. The van der Waals surface area contributed by atoms with Gasteiger partial charge in [0.05, 0.1) is 18.2 Å². The second kappa shape index (κ2) is 6.81. The number of hydrogen-bond acceptors (Lipinski definition) is 7. The first-order chi connectivity index (χ1) is 14.0. The predicted molar refractivity (Wildman–Crippen MR) is 83.2 cm³/mol. The molecule has 0 bridgehead atoms. The van der Waals surface area contributed by atoms with Crippen LogP contribution in [0.5, 0.6) is 5.88 Å². The molecule has 1 aromatic carbocycles. The van der Waals surface area contributed by atoms with Crippen molar-refractivity contribution >= 4 is 5.97 Å². The van der Waals surface area contributed by atoms with Gasteiger partial charge in [-0.3, -0.25) is 0 Å². The highest BCUT2D eigenvalue weighted by atomic mass is 16.7. The number of carboxylic acid groups (broad SMARTS) is 1. The molecule has 4 N–H and O–H groups in total. The van der Waals surface area contributed by atoms with Crippen molar-refractivity contribution < 1.29 is 41.5 Å². The fourth-order valence-electron chi connectivity index (χ4n) is 2.34. The van der Waals surface area contributed by atoms with Gasteiger partial charge in [-0.2, -0.15) is 5.10 Å². The molecule has 9 nitrogen and oxygen atoms in total. The Labute approximate surface area is 149 Å². The van der Waals surface area contributed by atoms with Crippen molar-refractivity contribution in [3.63, 3.8) is 0 Å². The standard InChI is InChI=1S/C16H18N2O7/c1-8-7-10(18(17-8)9-5-3-2-4-6-9)24-16-13(21)11(19)12(20)14(25-16)15(22)23/h2-7,11-14,16,19-21H,1H3,(H,22,23)/t11-,12-,13+,14-,16+/m0/s1/i2D,3D,4D,5D,6D. The number of nitrogens with zero attached hydrogens (tertiary/aromatic N) is 2. The third kappa shape index (κ3) is 3.35. The maximum atomic E-state index is 11.2. The third-order valence-electron chi connectivity index (χ3n) is 3.55. The second-order valence-corrected chi connectivity index (χ2v) is 5.36. The van der Waals surface area contributed by atoms with Crippen LogP contribution in [0, 0.1) is 6.92 Å². The van der Waals surface area contributed by atoms with Crippen LogP contribution in [0.1, 0.15) is 12.5 Å². The van der Waals surface area contributed by atoms with Crippen molar-refractivity contribution in [3.8, 4) is 11.6 Å².